The lowest BCUT2D eigenvalue weighted by atomic mass is 10.1. The third-order valence-electron chi connectivity index (χ3n) is 7.55. The summed E-state index contributed by atoms with van der Waals surface area (Å²) in [6.45, 7) is 16.8. The van der Waals surface area contributed by atoms with Crippen LogP contribution >= 0.6 is 0 Å². The maximum Gasteiger partial charge on any atom is 0.328 e. The van der Waals surface area contributed by atoms with Crippen LogP contribution in [0.2, 0.25) is 0 Å². The third kappa shape index (κ3) is 26.6. The molecule has 316 valence electrons. The van der Waals surface area contributed by atoms with Gasteiger partial charge in [0.2, 0.25) is 0 Å². The molecule has 0 aliphatic carbocycles. The van der Waals surface area contributed by atoms with Crippen LogP contribution in [-0.4, -0.2) is 109 Å². The highest BCUT2D eigenvalue weighted by Crippen LogP contribution is 2.23. The Morgan fingerprint density at radius 3 is 1.30 bits per heavy atom. The Hall–Kier alpha value is -4.18. The van der Waals surface area contributed by atoms with Gasteiger partial charge in [-0.15, -0.1) is 0 Å². The van der Waals surface area contributed by atoms with Crippen LogP contribution < -0.4 is 20.1 Å². The average Bonchev–Trinajstić information content (AvgIpc) is 3.16. The second kappa shape index (κ2) is 33.0. The summed E-state index contributed by atoms with van der Waals surface area (Å²) >= 11 is 0. The number of carbonyl (C=O) groups excluding carboxylic acids is 2. The first kappa shape index (κ1) is 51.8. The molecule has 0 amide bonds. The van der Waals surface area contributed by atoms with Gasteiger partial charge in [0.1, 0.15) is 36.9 Å². The second-order valence-corrected chi connectivity index (χ2v) is 12.9. The SMILES string of the molecule is CCCCNCC(O)COc1ccc(C(C)=O)cc1COCCC.CCCCNCC(O)COc1ccc(C(C)=O)cc1COCCC.O=C(O)/C=C/C(=O)O. The van der Waals surface area contributed by atoms with Crippen molar-refractivity contribution in [3.8, 4) is 11.5 Å². The maximum atomic E-state index is 11.5. The number of rotatable bonds is 28. The molecule has 0 bridgehead atoms. The van der Waals surface area contributed by atoms with Crippen molar-refractivity contribution in [2.24, 2.45) is 0 Å². The van der Waals surface area contributed by atoms with E-state index in [-0.39, 0.29) is 24.8 Å². The zero-order valence-corrected chi connectivity index (χ0v) is 34.1. The predicted octanol–water partition coefficient (Wildman–Crippen LogP) is 5.60. The maximum absolute atomic E-state index is 11.5. The average molecular weight is 791 g/mol. The van der Waals surface area contributed by atoms with Crippen LogP contribution in [0.1, 0.15) is 112 Å². The molecule has 0 fully saturated rings. The Kier molecular flexibility index (Phi) is 30.5. The van der Waals surface area contributed by atoms with Gasteiger partial charge in [-0.25, -0.2) is 9.59 Å². The highest BCUT2D eigenvalue weighted by molar-refractivity contribution is 5.95. The number of benzene rings is 2. The molecule has 2 atom stereocenters. The van der Waals surface area contributed by atoms with Crippen LogP contribution in [-0.2, 0) is 32.3 Å². The number of unbranched alkanes of at least 4 members (excludes halogenated alkanes) is 2. The summed E-state index contributed by atoms with van der Waals surface area (Å²) in [6, 6.07) is 10.6. The first-order valence-electron chi connectivity index (χ1n) is 19.4. The number of aliphatic hydroxyl groups excluding tert-OH is 2. The van der Waals surface area contributed by atoms with Gasteiger partial charge in [-0.3, -0.25) is 9.59 Å². The number of ether oxygens (including phenoxy) is 4. The molecule has 2 unspecified atom stereocenters. The fourth-order valence-electron chi connectivity index (χ4n) is 4.53. The van der Waals surface area contributed by atoms with E-state index in [1.54, 1.807) is 36.4 Å². The van der Waals surface area contributed by atoms with Crippen molar-refractivity contribution >= 4 is 23.5 Å². The molecule has 0 aliphatic heterocycles. The monoisotopic (exact) mass is 790 g/mol. The number of hydrogen-bond donors (Lipinski definition) is 6. The molecule has 0 saturated heterocycles. The van der Waals surface area contributed by atoms with Crippen molar-refractivity contribution in [2.75, 3.05) is 52.6 Å². The van der Waals surface area contributed by atoms with E-state index in [1.165, 1.54) is 13.8 Å². The number of aliphatic carboxylic acids is 2. The third-order valence-corrected chi connectivity index (χ3v) is 7.55. The second-order valence-electron chi connectivity index (χ2n) is 12.9. The van der Waals surface area contributed by atoms with E-state index in [1.807, 2.05) is 13.8 Å². The van der Waals surface area contributed by atoms with E-state index in [0.29, 0.717) is 74.3 Å². The summed E-state index contributed by atoms with van der Waals surface area (Å²) in [4.78, 5) is 42.2. The Morgan fingerprint density at radius 1 is 0.625 bits per heavy atom. The number of ketones is 2. The van der Waals surface area contributed by atoms with Crippen LogP contribution in [0, 0.1) is 0 Å². The summed E-state index contributed by atoms with van der Waals surface area (Å²) < 4.78 is 22.6. The first-order valence-corrected chi connectivity index (χ1v) is 19.4. The van der Waals surface area contributed by atoms with E-state index >= 15 is 0 Å². The summed E-state index contributed by atoms with van der Waals surface area (Å²) in [6.07, 6.45) is 6.29. The molecule has 2 aromatic rings. The summed E-state index contributed by atoms with van der Waals surface area (Å²) in [5.41, 5.74) is 2.95. The van der Waals surface area contributed by atoms with E-state index in [2.05, 4.69) is 24.5 Å². The van der Waals surface area contributed by atoms with Crippen molar-refractivity contribution in [1.29, 1.82) is 0 Å². The number of carbonyl (C=O) groups is 4. The molecule has 0 spiro atoms. The molecule has 0 aliphatic rings. The van der Waals surface area contributed by atoms with Crippen molar-refractivity contribution < 1.29 is 58.6 Å². The first-order chi connectivity index (χ1) is 26.8. The quantitative estimate of drug-likeness (QED) is 0.0352. The molecular weight excluding hydrogens is 724 g/mol. The van der Waals surface area contributed by atoms with Crippen molar-refractivity contribution in [2.45, 2.75) is 105 Å². The lowest BCUT2D eigenvalue weighted by Crippen LogP contribution is -2.32. The molecule has 0 radical (unpaired) electrons. The molecule has 0 aromatic heterocycles. The van der Waals surface area contributed by atoms with Gasteiger partial charge >= 0.3 is 11.9 Å². The van der Waals surface area contributed by atoms with Gasteiger partial charge < -0.3 is 50.0 Å². The minimum absolute atomic E-state index is 0.0125. The number of aliphatic hydroxyl groups is 2. The molecule has 14 nitrogen and oxygen atoms in total. The molecule has 0 saturated carbocycles. The van der Waals surface area contributed by atoms with Crippen LogP contribution in [0.5, 0.6) is 11.5 Å². The fraction of sp³-hybridized carbons (Fsp3) is 0.571. The Morgan fingerprint density at radius 2 is 1.00 bits per heavy atom. The van der Waals surface area contributed by atoms with Crippen LogP contribution in [0.4, 0.5) is 0 Å². The van der Waals surface area contributed by atoms with Gasteiger partial charge in [-0.1, -0.05) is 40.5 Å². The number of carboxylic acid groups (broad SMARTS) is 2. The number of Topliss-reactive ketones (excluding diaryl/α,β-unsaturated/α-hetero) is 2. The van der Waals surface area contributed by atoms with Gasteiger partial charge in [-0.2, -0.15) is 0 Å². The van der Waals surface area contributed by atoms with E-state index < -0.39 is 24.1 Å². The minimum Gasteiger partial charge on any atom is -0.490 e. The molecule has 14 heteroatoms. The molecule has 2 aromatic carbocycles. The van der Waals surface area contributed by atoms with Gasteiger partial charge in [0.05, 0.1) is 13.2 Å². The summed E-state index contributed by atoms with van der Waals surface area (Å²) in [5, 5.41) is 42.0. The van der Waals surface area contributed by atoms with E-state index in [9.17, 15) is 29.4 Å². The number of hydrogen-bond acceptors (Lipinski definition) is 12. The standard InChI is InChI=1S/2C19H31NO4.C4H4O4/c2*1-4-6-9-20-12-18(22)14-24-19-8-7-16(15(3)21)11-17(19)13-23-10-5-2;5-3(6)1-2-4(7)8/h2*7-8,11,18,20,22H,4-6,9-10,12-14H2,1-3H3;1-2H,(H,5,6)(H,7,8)/b;;2-1+. The molecule has 56 heavy (non-hydrogen) atoms. The number of carboxylic acids is 2. The Balaban J connectivity index is 0.000000905. The summed E-state index contributed by atoms with van der Waals surface area (Å²) in [5.74, 6) is -1.18. The topological polar surface area (TPSA) is 210 Å². The van der Waals surface area contributed by atoms with Crippen molar-refractivity contribution in [3.05, 3.63) is 70.8 Å². The van der Waals surface area contributed by atoms with Gasteiger partial charge in [0, 0.05) is 60.7 Å². The molecule has 0 heterocycles. The Labute approximate surface area is 332 Å². The zero-order valence-electron chi connectivity index (χ0n) is 34.1. The summed E-state index contributed by atoms with van der Waals surface area (Å²) in [7, 11) is 0. The molecule has 2 rings (SSSR count). The smallest absolute Gasteiger partial charge is 0.328 e. The van der Waals surface area contributed by atoms with Crippen LogP contribution in [0.25, 0.3) is 0 Å². The van der Waals surface area contributed by atoms with Crippen molar-refractivity contribution in [3.63, 3.8) is 0 Å². The van der Waals surface area contributed by atoms with Gasteiger partial charge in [-0.05, 0) is 89.0 Å². The normalized spacial score (nSPS) is 11.8. The lowest BCUT2D eigenvalue weighted by Gasteiger charge is -2.16. The van der Waals surface area contributed by atoms with E-state index in [4.69, 9.17) is 29.2 Å². The molecular formula is C42H66N2O12. The fourth-order valence-corrected chi connectivity index (χ4v) is 4.53. The van der Waals surface area contributed by atoms with Crippen molar-refractivity contribution in [1.82, 2.24) is 10.6 Å². The lowest BCUT2D eigenvalue weighted by molar-refractivity contribution is -0.134. The zero-order chi connectivity index (χ0) is 42.1. The highest BCUT2D eigenvalue weighted by Gasteiger charge is 2.13. The highest BCUT2D eigenvalue weighted by atomic mass is 16.5. The largest absolute Gasteiger partial charge is 0.490 e. The van der Waals surface area contributed by atoms with Crippen LogP contribution in [0.15, 0.2) is 48.6 Å². The number of nitrogens with one attached hydrogen (secondary N) is 2. The predicted molar refractivity (Wildman–Crippen MR) is 216 cm³/mol. The van der Waals surface area contributed by atoms with E-state index in [0.717, 1.165) is 62.7 Å². The molecule has 6 N–H and O–H groups in total. The minimum atomic E-state index is -1.26. The Bertz CT molecular complexity index is 1330. The van der Waals surface area contributed by atoms with Crippen LogP contribution in [0.3, 0.4) is 0 Å². The van der Waals surface area contributed by atoms with Gasteiger partial charge in [0.25, 0.3) is 0 Å². The van der Waals surface area contributed by atoms with Gasteiger partial charge in [0.15, 0.2) is 11.6 Å².